The van der Waals surface area contributed by atoms with Crippen molar-refractivity contribution in [1.82, 2.24) is 9.55 Å². The van der Waals surface area contributed by atoms with E-state index in [1.165, 1.54) is 66.9 Å². The summed E-state index contributed by atoms with van der Waals surface area (Å²) in [6, 6.07) is 92.3. The summed E-state index contributed by atoms with van der Waals surface area (Å²) in [6.07, 6.45) is 1.96. The number of rotatable bonds is 9. The zero-order valence-corrected chi connectivity index (χ0v) is 42.7. The maximum atomic E-state index is 6.99. The van der Waals surface area contributed by atoms with Crippen LogP contribution in [0.25, 0.3) is 61.0 Å². The smallest absolute Gasteiger partial charge is 0.137 e. The molecule has 0 atom stereocenters. The number of nitrogens with zero attached hydrogens (tertiary/aromatic N) is 4. The molecule has 0 saturated carbocycles. The van der Waals surface area contributed by atoms with Crippen LogP contribution >= 0.6 is 0 Å². The molecular weight excluding hydrogens is 925 g/mol. The lowest BCUT2D eigenvalue weighted by molar-refractivity contribution is 0.483. The van der Waals surface area contributed by atoms with Crippen molar-refractivity contribution >= 4 is 44.6 Å². The molecule has 0 bridgehead atoms. The van der Waals surface area contributed by atoms with Crippen LogP contribution in [0.2, 0.25) is 0 Å². The summed E-state index contributed by atoms with van der Waals surface area (Å²) in [5.74, 6) is 2.36. The van der Waals surface area contributed by atoms with Gasteiger partial charge in [0.2, 0.25) is 0 Å². The first-order valence-corrected chi connectivity index (χ1v) is 26.3. The molecule has 0 N–H and O–H groups in total. The van der Waals surface area contributed by atoms with Gasteiger partial charge in [-0.3, -0.25) is 4.57 Å². The van der Waals surface area contributed by atoms with E-state index >= 15 is 0 Å². The molecule has 5 nitrogen and oxygen atoms in total. The van der Waals surface area contributed by atoms with Crippen LogP contribution in [0.15, 0.2) is 261 Å². The Balaban J connectivity index is 0.888. The van der Waals surface area contributed by atoms with Crippen molar-refractivity contribution in [2.45, 2.75) is 31.6 Å². The normalized spacial score (nSPS) is 13.5. The van der Waals surface area contributed by atoms with Crippen LogP contribution in [0.1, 0.15) is 48.6 Å². The average Bonchev–Trinajstić information content (AvgIpc) is 4.30. The minimum Gasteiger partial charge on any atom is -0.457 e. The number of para-hydroxylation sites is 3. The first kappa shape index (κ1) is 45.2. The molecule has 1 aliphatic carbocycles. The minimum absolute atomic E-state index is 0.0854. The fraction of sp³-hybridized carbons (Fsp3) is 0.0845. The van der Waals surface area contributed by atoms with Gasteiger partial charge in [-0.1, -0.05) is 209 Å². The predicted molar refractivity (Wildman–Crippen MR) is 314 cm³/mol. The molecule has 12 aromatic rings. The molecule has 0 amide bonds. The van der Waals surface area contributed by atoms with Gasteiger partial charge < -0.3 is 14.5 Å². The van der Waals surface area contributed by atoms with Crippen LogP contribution < -0.4 is 14.5 Å². The van der Waals surface area contributed by atoms with E-state index in [2.05, 4.69) is 290 Å². The third-order valence-corrected chi connectivity index (χ3v) is 15.8. The van der Waals surface area contributed by atoms with Crippen molar-refractivity contribution in [1.29, 1.82) is 0 Å². The Labute approximate surface area is 444 Å². The second kappa shape index (κ2) is 17.9. The van der Waals surface area contributed by atoms with Crippen molar-refractivity contribution in [3.8, 4) is 50.7 Å². The highest BCUT2D eigenvalue weighted by molar-refractivity contribution is 6.10. The summed E-state index contributed by atoms with van der Waals surface area (Å²) >= 11 is 0. The van der Waals surface area contributed by atoms with Crippen LogP contribution in [-0.4, -0.2) is 16.2 Å². The van der Waals surface area contributed by atoms with Gasteiger partial charge in [-0.25, -0.2) is 4.98 Å². The van der Waals surface area contributed by atoms with Gasteiger partial charge in [0, 0.05) is 45.9 Å². The Bertz CT molecular complexity index is 4070. The third-order valence-electron chi connectivity index (χ3n) is 15.8. The summed E-state index contributed by atoms with van der Waals surface area (Å²) < 4.78 is 9.34. The van der Waals surface area contributed by atoms with E-state index in [0.29, 0.717) is 6.67 Å². The Hall–Kier alpha value is -9.45. The molecule has 2 aromatic heterocycles. The van der Waals surface area contributed by atoms with Crippen LogP contribution in [0.4, 0.5) is 22.7 Å². The molecule has 0 spiro atoms. The lowest BCUT2D eigenvalue weighted by Gasteiger charge is -2.34. The van der Waals surface area contributed by atoms with Gasteiger partial charge in [0.1, 0.15) is 24.0 Å². The molecule has 364 valence electrons. The molecule has 5 heteroatoms. The molecule has 0 fully saturated rings. The summed E-state index contributed by atoms with van der Waals surface area (Å²) in [5.41, 5.74) is 19.5. The van der Waals surface area contributed by atoms with Crippen molar-refractivity contribution in [2.75, 3.05) is 16.5 Å². The molecule has 10 aromatic carbocycles. The summed E-state index contributed by atoms with van der Waals surface area (Å²) in [7, 11) is 0. The van der Waals surface area contributed by atoms with Gasteiger partial charge in [0.15, 0.2) is 0 Å². The monoisotopic (exact) mass is 978 g/mol. The van der Waals surface area contributed by atoms with Gasteiger partial charge >= 0.3 is 0 Å². The molecule has 2 aliphatic rings. The number of aromatic nitrogens is 2. The summed E-state index contributed by atoms with van der Waals surface area (Å²) in [4.78, 5) is 10.0. The number of hydrogen-bond acceptors (Lipinski definition) is 4. The maximum absolute atomic E-state index is 6.99. The zero-order valence-electron chi connectivity index (χ0n) is 42.7. The van der Waals surface area contributed by atoms with Gasteiger partial charge in [0.25, 0.3) is 0 Å². The van der Waals surface area contributed by atoms with Crippen LogP contribution in [0.3, 0.4) is 0 Å². The van der Waals surface area contributed by atoms with E-state index < -0.39 is 5.41 Å². The second-order valence-electron chi connectivity index (χ2n) is 21.1. The molecule has 0 unspecified atom stereocenters. The van der Waals surface area contributed by atoms with E-state index in [1.54, 1.807) is 0 Å². The van der Waals surface area contributed by atoms with Crippen LogP contribution in [0.5, 0.6) is 11.5 Å². The Kier molecular flexibility index (Phi) is 10.6. The topological polar surface area (TPSA) is 33.5 Å². The fourth-order valence-corrected chi connectivity index (χ4v) is 12.3. The van der Waals surface area contributed by atoms with Crippen molar-refractivity contribution < 1.29 is 4.74 Å². The minimum atomic E-state index is -0.549. The predicted octanol–water partition coefficient (Wildman–Crippen LogP) is 18.2. The van der Waals surface area contributed by atoms with Crippen LogP contribution in [0, 0.1) is 0 Å². The average molecular weight is 979 g/mol. The fourth-order valence-electron chi connectivity index (χ4n) is 12.3. The summed E-state index contributed by atoms with van der Waals surface area (Å²) in [5, 5.41) is 2.28. The Morgan fingerprint density at radius 3 is 1.63 bits per heavy atom. The number of fused-ring (bicyclic) bond motifs is 7. The first-order chi connectivity index (χ1) is 37.3. The van der Waals surface area contributed by atoms with Crippen LogP contribution in [-0.2, 0) is 10.8 Å². The van der Waals surface area contributed by atoms with Gasteiger partial charge in [-0.2, -0.15) is 0 Å². The van der Waals surface area contributed by atoms with Crippen molar-refractivity contribution in [3.05, 3.63) is 289 Å². The third kappa shape index (κ3) is 7.26. The maximum Gasteiger partial charge on any atom is 0.137 e. The van der Waals surface area contributed by atoms with E-state index in [9.17, 15) is 0 Å². The summed E-state index contributed by atoms with van der Waals surface area (Å²) in [6.45, 7) is 7.40. The molecule has 76 heavy (non-hydrogen) atoms. The van der Waals surface area contributed by atoms with E-state index in [1.807, 2.05) is 6.20 Å². The van der Waals surface area contributed by atoms with Crippen molar-refractivity contribution in [2.24, 2.45) is 0 Å². The number of ether oxygens (including phenoxy) is 1. The number of hydrogen-bond donors (Lipinski definition) is 0. The lowest BCUT2D eigenvalue weighted by atomic mass is 9.67. The largest absolute Gasteiger partial charge is 0.457 e. The highest BCUT2D eigenvalue weighted by atomic mass is 16.5. The standard InChI is InChI=1S/C71H54N4O/c1-70(2,3)51-41-42-72-68(44-51)75-66-43-52(71(50-25-11-6-12-26-50)62-33-15-13-29-58(62)59-30-14-16-34-63(59)71)37-39-60(66)61-40-38-55(46-67(61)75)76-54-28-19-27-53(45-54)73-47-74(65-36-18-17-35-64(65)73)69-56(48-21-7-4-8-22-48)31-20-32-57(69)49-23-9-5-10-24-49/h4-46H,47H2,1-3H3. The molecule has 1 aliphatic heterocycles. The molecule has 0 saturated heterocycles. The molecule has 0 radical (unpaired) electrons. The van der Waals surface area contributed by atoms with Gasteiger partial charge in [-0.05, 0) is 110 Å². The van der Waals surface area contributed by atoms with E-state index in [4.69, 9.17) is 9.72 Å². The molecule has 3 heterocycles. The SMILES string of the molecule is CC(C)(C)c1ccnc(-n2c3cc(Oc4cccc(N5CN(c6c(-c7ccccc7)cccc6-c6ccccc6)c6ccccc65)c4)ccc3c3ccc(C4(c5ccccc5)c5ccccc5-c5ccccc54)cc32)c1. The zero-order chi connectivity index (χ0) is 51.0. The number of benzene rings is 10. The quantitative estimate of drug-likeness (QED) is 0.144. The first-order valence-electron chi connectivity index (χ1n) is 26.3. The van der Waals surface area contributed by atoms with E-state index in [-0.39, 0.29) is 5.41 Å². The van der Waals surface area contributed by atoms with Gasteiger partial charge in [-0.15, -0.1) is 0 Å². The number of anilines is 4. The highest BCUT2D eigenvalue weighted by Crippen LogP contribution is 2.57. The molecule has 14 rings (SSSR count). The number of pyridine rings is 1. The Morgan fingerprint density at radius 2 is 0.974 bits per heavy atom. The second-order valence-corrected chi connectivity index (χ2v) is 21.1. The highest BCUT2D eigenvalue weighted by Gasteiger charge is 2.46. The van der Waals surface area contributed by atoms with E-state index in [0.717, 1.165) is 56.2 Å². The lowest BCUT2D eigenvalue weighted by Crippen LogP contribution is -2.28. The van der Waals surface area contributed by atoms with Crippen molar-refractivity contribution in [3.63, 3.8) is 0 Å². The Morgan fingerprint density at radius 1 is 0.434 bits per heavy atom. The molecular formula is C71H54N4O. The van der Waals surface area contributed by atoms with Gasteiger partial charge in [0.05, 0.1) is 33.5 Å².